The summed E-state index contributed by atoms with van der Waals surface area (Å²) in [6, 6.07) is 11.4. The molecule has 194 valence electrons. The predicted octanol–water partition coefficient (Wildman–Crippen LogP) is 5.22. The largest absolute Gasteiger partial charge is 0.478 e. The van der Waals surface area contributed by atoms with Crippen LogP contribution in [0.5, 0.6) is 0 Å². The number of carboxylic acid groups (broad SMARTS) is 1. The minimum atomic E-state index is -0.885. The average Bonchev–Trinajstić information content (AvgIpc) is 3.64. The zero-order valence-corrected chi connectivity index (χ0v) is 21.7. The SMILES string of the molecule is CC(C)(C)OC(=O)N(CC1CCN(CCCc2ccc(C(=O)O)cc2)CC1)C1CC1c1cccnc1. The molecule has 2 aliphatic rings. The van der Waals surface area contributed by atoms with Crippen LogP contribution in [0.1, 0.15) is 73.9 Å². The molecular formula is C29H39N3O4. The van der Waals surface area contributed by atoms with Crippen molar-refractivity contribution in [3.8, 4) is 0 Å². The second kappa shape index (κ2) is 11.4. The van der Waals surface area contributed by atoms with Gasteiger partial charge in [0.2, 0.25) is 0 Å². The van der Waals surface area contributed by atoms with Crippen molar-refractivity contribution >= 4 is 12.1 Å². The predicted molar refractivity (Wildman–Crippen MR) is 139 cm³/mol. The molecule has 1 saturated carbocycles. The molecule has 2 unspecified atom stereocenters. The topological polar surface area (TPSA) is 83.0 Å². The molecule has 36 heavy (non-hydrogen) atoms. The highest BCUT2D eigenvalue weighted by atomic mass is 16.6. The lowest BCUT2D eigenvalue weighted by atomic mass is 9.95. The second-order valence-electron chi connectivity index (χ2n) is 11.2. The van der Waals surface area contributed by atoms with Crippen molar-refractivity contribution in [2.24, 2.45) is 5.92 Å². The molecule has 7 heteroatoms. The van der Waals surface area contributed by atoms with Gasteiger partial charge in [0.05, 0.1) is 5.56 Å². The van der Waals surface area contributed by atoms with E-state index < -0.39 is 11.6 Å². The maximum atomic E-state index is 13.1. The van der Waals surface area contributed by atoms with Crippen LogP contribution >= 0.6 is 0 Å². The van der Waals surface area contributed by atoms with Gasteiger partial charge in [-0.1, -0.05) is 18.2 Å². The van der Waals surface area contributed by atoms with Crippen molar-refractivity contribution in [1.29, 1.82) is 0 Å². The number of likely N-dealkylation sites (tertiary alicyclic amines) is 1. The molecule has 1 aromatic carbocycles. The molecule has 0 spiro atoms. The standard InChI is InChI=1S/C29H39N3O4/c1-29(2,3)36-28(35)32(26-18-25(26)24-7-4-14-30-19-24)20-22-12-16-31(17-13-22)15-5-6-21-8-10-23(11-9-21)27(33)34/h4,7-11,14,19,22,25-26H,5-6,12-13,15-18,20H2,1-3H3,(H,33,34). The molecule has 1 aliphatic carbocycles. The van der Waals surface area contributed by atoms with Crippen LogP contribution in [0.4, 0.5) is 4.79 Å². The van der Waals surface area contributed by atoms with E-state index in [4.69, 9.17) is 9.84 Å². The van der Waals surface area contributed by atoms with E-state index in [1.165, 1.54) is 11.1 Å². The van der Waals surface area contributed by atoms with Crippen LogP contribution in [-0.4, -0.2) is 69.8 Å². The molecule has 1 saturated heterocycles. The molecule has 1 amide bonds. The first-order chi connectivity index (χ1) is 17.2. The van der Waals surface area contributed by atoms with E-state index in [9.17, 15) is 9.59 Å². The number of rotatable bonds is 9. The van der Waals surface area contributed by atoms with Gasteiger partial charge < -0.3 is 19.6 Å². The highest BCUT2D eigenvalue weighted by Gasteiger charge is 2.46. The zero-order valence-electron chi connectivity index (χ0n) is 21.7. The molecular weight excluding hydrogens is 454 g/mol. The Balaban J connectivity index is 1.25. The third-order valence-corrected chi connectivity index (χ3v) is 7.20. The Hall–Kier alpha value is -2.93. The Morgan fingerprint density at radius 2 is 1.86 bits per heavy atom. The van der Waals surface area contributed by atoms with Crippen molar-refractivity contribution in [3.63, 3.8) is 0 Å². The molecule has 0 bridgehead atoms. The number of benzene rings is 1. The molecule has 4 rings (SSSR count). The number of amides is 1. The Kier molecular flexibility index (Phi) is 8.29. The summed E-state index contributed by atoms with van der Waals surface area (Å²) in [5.41, 5.74) is 2.20. The molecule has 2 atom stereocenters. The van der Waals surface area contributed by atoms with Crippen LogP contribution in [0, 0.1) is 5.92 Å². The number of carboxylic acids is 1. The summed E-state index contributed by atoms with van der Waals surface area (Å²) in [5.74, 6) is -0.0627. The molecule has 2 aromatic rings. The Morgan fingerprint density at radius 1 is 1.14 bits per heavy atom. The Bertz CT molecular complexity index is 1010. The van der Waals surface area contributed by atoms with Crippen molar-refractivity contribution in [1.82, 2.24) is 14.8 Å². The summed E-state index contributed by atoms with van der Waals surface area (Å²) in [4.78, 5) is 32.9. The van der Waals surface area contributed by atoms with Gasteiger partial charge in [0.1, 0.15) is 5.60 Å². The first-order valence-corrected chi connectivity index (χ1v) is 13.1. The van der Waals surface area contributed by atoms with Gasteiger partial charge >= 0.3 is 12.1 Å². The lowest BCUT2D eigenvalue weighted by Crippen LogP contribution is -2.44. The number of aromatic nitrogens is 1. The van der Waals surface area contributed by atoms with E-state index in [0.29, 0.717) is 17.4 Å². The summed E-state index contributed by atoms with van der Waals surface area (Å²) < 4.78 is 5.79. The number of carbonyl (C=O) groups is 2. The summed E-state index contributed by atoms with van der Waals surface area (Å²) in [7, 11) is 0. The number of hydrogen-bond donors (Lipinski definition) is 1. The fourth-order valence-electron chi connectivity index (χ4n) is 5.14. The van der Waals surface area contributed by atoms with E-state index in [2.05, 4.69) is 16.0 Å². The highest BCUT2D eigenvalue weighted by Crippen LogP contribution is 2.45. The first kappa shape index (κ1) is 26.1. The number of hydrogen-bond acceptors (Lipinski definition) is 5. The van der Waals surface area contributed by atoms with Crippen LogP contribution in [0.3, 0.4) is 0 Å². The highest BCUT2D eigenvalue weighted by molar-refractivity contribution is 5.87. The quantitative estimate of drug-likeness (QED) is 0.516. The van der Waals surface area contributed by atoms with Crippen LogP contribution in [0.25, 0.3) is 0 Å². The normalized spacial score (nSPS) is 20.6. The molecule has 7 nitrogen and oxygen atoms in total. The minimum absolute atomic E-state index is 0.189. The van der Waals surface area contributed by atoms with Gasteiger partial charge in [0, 0.05) is 30.9 Å². The molecule has 1 N–H and O–H groups in total. The van der Waals surface area contributed by atoms with Gasteiger partial charge in [0.25, 0.3) is 0 Å². The molecule has 0 radical (unpaired) electrons. The van der Waals surface area contributed by atoms with Crippen LogP contribution in [0.15, 0.2) is 48.8 Å². The fourth-order valence-corrected chi connectivity index (χ4v) is 5.14. The lowest BCUT2D eigenvalue weighted by molar-refractivity contribution is 0.0171. The monoisotopic (exact) mass is 493 g/mol. The van der Waals surface area contributed by atoms with Crippen molar-refractivity contribution in [2.75, 3.05) is 26.2 Å². The molecule has 1 aliphatic heterocycles. The van der Waals surface area contributed by atoms with Gasteiger partial charge in [-0.15, -0.1) is 0 Å². The molecule has 2 fully saturated rings. The van der Waals surface area contributed by atoms with Gasteiger partial charge in [-0.25, -0.2) is 9.59 Å². The summed E-state index contributed by atoms with van der Waals surface area (Å²) in [6.07, 6.45) is 8.63. The number of aryl methyl sites for hydroxylation is 1. The zero-order chi connectivity index (χ0) is 25.7. The number of carbonyl (C=O) groups excluding carboxylic acids is 1. The Labute approximate surface area is 214 Å². The van der Waals surface area contributed by atoms with Gasteiger partial charge in [-0.05, 0) is 108 Å². The van der Waals surface area contributed by atoms with Gasteiger partial charge in [-0.2, -0.15) is 0 Å². The minimum Gasteiger partial charge on any atom is -0.478 e. The first-order valence-electron chi connectivity index (χ1n) is 13.1. The number of aromatic carboxylic acids is 1. The summed E-state index contributed by atoms with van der Waals surface area (Å²) in [5, 5.41) is 9.04. The maximum Gasteiger partial charge on any atom is 0.410 e. The van der Waals surface area contributed by atoms with Gasteiger partial charge in [0.15, 0.2) is 0 Å². The smallest absolute Gasteiger partial charge is 0.410 e. The average molecular weight is 494 g/mol. The number of ether oxygens (including phenoxy) is 1. The van der Waals surface area contributed by atoms with E-state index in [1.807, 2.05) is 50.1 Å². The van der Waals surface area contributed by atoms with Crippen molar-refractivity contribution in [2.45, 2.75) is 70.4 Å². The van der Waals surface area contributed by atoms with Crippen LogP contribution < -0.4 is 0 Å². The maximum absolute atomic E-state index is 13.1. The van der Waals surface area contributed by atoms with E-state index in [1.54, 1.807) is 18.3 Å². The number of pyridine rings is 1. The summed E-state index contributed by atoms with van der Waals surface area (Å²) >= 11 is 0. The molecule has 2 heterocycles. The summed E-state index contributed by atoms with van der Waals surface area (Å²) in [6.45, 7) is 9.65. The van der Waals surface area contributed by atoms with Crippen molar-refractivity contribution in [3.05, 3.63) is 65.5 Å². The number of piperidine rings is 1. The molecule has 1 aromatic heterocycles. The second-order valence-corrected chi connectivity index (χ2v) is 11.2. The fraction of sp³-hybridized carbons (Fsp3) is 0.552. The Morgan fingerprint density at radius 3 is 2.47 bits per heavy atom. The van der Waals surface area contributed by atoms with E-state index >= 15 is 0 Å². The van der Waals surface area contributed by atoms with Crippen molar-refractivity contribution < 1.29 is 19.4 Å². The lowest BCUT2D eigenvalue weighted by Gasteiger charge is -2.35. The third-order valence-electron chi connectivity index (χ3n) is 7.20. The van der Waals surface area contributed by atoms with Crippen LogP contribution in [0.2, 0.25) is 0 Å². The van der Waals surface area contributed by atoms with Crippen LogP contribution in [-0.2, 0) is 11.2 Å². The van der Waals surface area contributed by atoms with Gasteiger partial charge in [-0.3, -0.25) is 4.98 Å². The number of nitrogens with zero attached hydrogens (tertiary/aromatic N) is 3. The van der Waals surface area contributed by atoms with E-state index in [-0.39, 0.29) is 12.1 Å². The third kappa shape index (κ3) is 7.29. The van der Waals surface area contributed by atoms with E-state index in [0.717, 1.165) is 58.3 Å².